The molecule has 0 saturated carbocycles. The van der Waals surface area contributed by atoms with Crippen molar-refractivity contribution in [3.05, 3.63) is 36.0 Å². The quantitative estimate of drug-likeness (QED) is 0.472. The lowest BCUT2D eigenvalue weighted by Crippen LogP contribution is -2.15. The van der Waals surface area contributed by atoms with Crippen LogP contribution in [0.1, 0.15) is 0 Å². The van der Waals surface area contributed by atoms with Crippen LogP contribution in [0, 0.1) is 0 Å². The average Bonchev–Trinajstić information content (AvgIpc) is 2.39. The van der Waals surface area contributed by atoms with E-state index in [9.17, 15) is 14.7 Å². The zero-order valence-electron chi connectivity index (χ0n) is 9.97. The molecular formula is C12H13NO5. The van der Waals surface area contributed by atoms with Gasteiger partial charge < -0.3 is 19.9 Å². The van der Waals surface area contributed by atoms with Crippen molar-refractivity contribution in [1.82, 2.24) is 0 Å². The van der Waals surface area contributed by atoms with Crippen molar-refractivity contribution in [2.24, 2.45) is 0 Å². The van der Waals surface area contributed by atoms with Gasteiger partial charge in [-0.25, -0.2) is 9.59 Å². The van der Waals surface area contributed by atoms with E-state index < -0.39 is 11.9 Å². The van der Waals surface area contributed by atoms with E-state index >= 15 is 0 Å². The first kappa shape index (κ1) is 13.6. The van der Waals surface area contributed by atoms with Gasteiger partial charge >= 0.3 is 11.9 Å². The minimum absolute atomic E-state index is 0.0582. The number of methoxy groups -OCH3 is 2. The molecule has 0 bridgehead atoms. The number of esters is 2. The van der Waals surface area contributed by atoms with E-state index in [0.717, 1.165) is 6.08 Å². The summed E-state index contributed by atoms with van der Waals surface area (Å²) in [6.45, 7) is 0. The largest absolute Gasteiger partial charge is 0.506 e. The molecule has 0 amide bonds. The van der Waals surface area contributed by atoms with Crippen molar-refractivity contribution >= 4 is 17.6 Å². The molecular weight excluding hydrogens is 238 g/mol. The molecule has 18 heavy (non-hydrogen) atoms. The second-order valence-corrected chi connectivity index (χ2v) is 3.21. The van der Waals surface area contributed by atoms with Crippen molar-refractivity contribution in [1.29, 1.82) is 0 Å². The number of carbonyl (C=O) groups excluding carboxylic acids is 2. The van der Waals surface area contributed by atoms with E-state index in [-0.39, 0.29) is 17.1 Å². The van der Waals surface area contributed by atoms with Gasteiger partial charge in [-0.1, -0.05) is 12.1 Å². The fourth-order valence-corrected chi connectivity index (χ4v) is 1.16. The molecule has 1 aromatic rings. The molecule has 0 aliphatic heterocycles. The number of carbonyl (C=O) groups is 2. The molecule has 1 rings (SSSR count). The zero-order valence-corrected chi connectivity index (χ0v) is 9.97. The van der Waals surface area contributed by atoms with Crippen molar-refractivity contribution in [3.8, 4) is 5.75 Å². The fraction of sp³-hybridized carbons (Fsp3) is 0.167. The minimum atomic E-state index is -0.747. The molecule has 6 nitrogen and oxygen atoms in total. The topological polar surface area (TPSA) is 84.9 Å². The first-order valence-corrected chi connectivity index (χ1v) is 5.01. The van der Waals surface area contributed by atoms with Gasteiger partial charge in [-0.3, -0.25) is 0 Å². The fourth-order valence-electron chi connectivity index (χ4n) is 1.16. The van der Waals surface area contributed by atoms with Gasteiger partial charge in [0.1, 0.15) is 11.4 Å². The number of hydrogen-bond donors (Lipinski definition) is 2. The molecule has 96 valence electrons. The van der Waals surface area contributed by atoms with Crippen LogP contribution in [0.2, 0.25) is 0 Å². The second-order valence-electron chi connectivity index (χ2n) is 3.21. The molecule has 0 aromatic heterocycles. The summed E-state index contributed by atoms with van der Waals surface area (Å²) in [7, 11) is 2.37. The number of para-hydroxylation sites is 2. The standard InChI is InChI=1S/C12H13NO5/c1-17-11(15)7-9(12(16)18-2)13-8-5-3-4-6-10(8)14/h3-7,13-14H,1-2H3/b9-7+. The van der Waals surface area contributed by atoms with Crippen LogP contribution in [0.3, 0.4) is 0 Å². The molecule has 0 saturated heterocycles. The molecule has 2 N–H and O–H groups in total. The number of rotatable bonds is 4. The Morgan fingerprint density at radius 3 is 2.44 bits per heavy atom. The van der Waals surface area contributed by atoms with Crippen molar-refractivity contribution in [2.45, 2.75) is 0 Å². The molecule has 6 heteroatoms. The second kappa shape index (κ2) is 6.29. The molecule has 0 aliphatic rings. The molecule has 0 heterocycles. The van der Waals surface area contributed by atoms with Crippen LogP contribution in [0.4, 0.5) is 5.69 Å². The summed E-state index contributed by atoms with van der Waals surface area (Å²) in [4.78, 5) is 22.5. The van der Waals surface area contributed by atoms with Crippen LogP contribution in [0.25, 0.3) is 0 Å². The number of phenolic OH excluding ortho intramolecular Hbond substituents is 1. The molecule has 0 fully saturated rings. The highest BCUT2D eigenvalue weighted by molar-refractivity contribution is 5.99. The lowest BCUT2D eigenvalue weighted by atomic mass is 10.2. The highest BCUT2D eigenvalue weighted by atomic mass is 16.5. The molecule has 0 aliphatic carbocycles. The monoisotopic (exact) mass is 251 g/mol. The Labute approximate surface area is 104 Å². The molecule has 0 unspecified atom stereocenters. The predicted molar refractivity (Wildman–Crippen MR) is 63.8 cm³/mol. The smallest absolute Gasteiger partial charge is 0.354 e. The number of anilines is 1. The Morgan fingerprint density at radius 1 is 1.22 bits per heavy atom. The van der Waals surface area contributed by atoms with Gasteiger partial charge in [-0.2, -0.15) is 0 Å². The highest BCUT2D eigenvalue weighted by Crippen LogP contribution is 2.23. The number of phenols is 1. The molecule has 1 aromatic carbocycles. The third-order valence-corrected chi connectivity index (χ3v) is 2.04. The van der Waals surface area contributed by atoms with Gasteiger partial charge in [0.25, 0.3) is 0 Å². The number of hydrogen-bond acceptors (Lipinski definition) is 6. The van der Waals surface area contributed by atoms with Crippen LogP contribution in [0.5, 0.6) is 5.75 Å². The van der Waals surface area contributed by atoms with Gasteiger partial charge in [-0.15, -0.1) is 0 Å². The first-order chi connectivity index (χ1) is 8.58. The lowest BCUT2D eigenvalue weighted by molar-refractivity contribution is -0.138. The summed E-state index contributed by atoms with van der Waals surface area (Å²) in [5.74, 6) is -1.51. The van der Waals surface area contributed by atoms with E-state index in [1.165, 1.54) is 20.3 Å². The van der Waals surface area contributed by atoms with Gasteiger partial charge in [0.15, 0.2) is 0 Å². The maximum atomic E-state index is 11.4. The van der Waals surface area contributed by atoms with Crippen molar-refractivity contribution in [3.63, 3.8) is 0 Å². The van der Waals surface area contributed by atoms with E-state index in [2.05, 4.69) is 14.8 Å². The lowest BCUT2D eigenvalue weighted by Gasteiger charge is -2.10. The normalized spacial score (nSPS) is 10.7. The van der Waals surface area contributed by atoms with Crippen LogP contribution in [-0.2, 0) is 19.1 Å². The SMILES string of the molecule is COC(=O)/C=C(/Nc1ccccc1O)C(=O)OC. The summed E-state index contributed by atoms with van der Waals surface area (Å²) in [5, 5.41) is 12.1. The Kier molecular flexibility index (Phi) is 4.74. The van der Waals surface area contributed by atoms with E-state index in [1.54, 1.807) is 18.2 Å². The average molecular weight is 251 g/mol. The molecule has 0 radical (unpaired) electrons. The maximum absolute atomic E-state index is 11.4. The Bertz CT molecular complexity index is 481. The third-order valence-electron chi connectivity index (χ3n) is 2.04. The Morgan fingerprint density at radius 2 is 1.89 bits per heavy atom. The zero-order chi connectivity index (χ0) is 13.5. The molecule has 0 atom stereocenters. The van der Waals surface area contributed by atoms with E-state index in [0.29, 0.717) is 0 Å². The van der Waals surface area contributed by atoms with Crippen LogP contribution < -0.4 is 5.32 Å². The number of nitrogens with one attached hydrogen (secondary N) is 1. The number of ether oxygens (including phenoxy) is 2. The minimum Gasteiger partial charge on any atom is -0.506 e. The Balaban J connectivity index is 3.00. The molecule has 0 spiro atoms. The Hall–Kier alpha value is -2.50. The van der Waals surface area contributed by atoms with Crippen LogP contribution >= 0.6 is 0 Å². The summed E-state index contributed by atoms with van der Waals surface area (Å²) >= 11 is 0. The van der Waals surface area contributed by atoms with Gasteiger partial charge in [0.05, 0.1) is 26.0 Å². The number of benzene rings is 1. The summed E-state index contributed by atoms with van der Waals surface area (Å²) < 4.78 is 8.93. The van der Waals surface area contributed by atoms with Crippen LogP contribution in [-0.4, -0.2) is 31.3 Å². The van der Waals surface area contributed by atoms with Gasteiger partial charge in [-0.05, 0) is 12.1 Å². The first-order valence-electron chi connectivity index (χ1n) is 5.01. The van der Waals surface area contributed by atoms with Gasteiger partial charge in [0, 0.05) is 0 Å². The summed E-state index contributed by atoms with van der Waals surface area (Å²) in [6.07, 6.45) is 0.943. The van der Waals surface area contributed by atoms with Crippen molar-refractivity contribution in [2.75, 3.05) is 19.5 Å². The highest BCUT2D eigenvalue weighted by Gasteiger charge is 2.13. The predicted octanol–water partition coefficient (Wildman–Crippen LogP) is 1.03. The van der Waals surface area contributed by atoms with Crippen LogP contribution in [0.15, 0.2) is 36.0 Å². The van der Waals surface area contributed by atoms with Gasteiger partial charge in [0.2, 0.25) is 0 Å². The number of aromatic hydroxyl groups is 1. The summed E-state index contributed by atoms with van der Waals surface area (Å²) in [5.41, 5.74) is 0.143. The third kappa shape index (κ3) is 3.51. The summed E-state index contributed by atoms with van der Waals surface area (Å²) in [6, 6.07) is 6.27. The van der Waals surface area contributed by atoms with E-state index in [1.807, 2.05) is 0 Å². The van der Waals surface area contributed by atoms with E-state index in [4.69, 9.17) is 0 Å². The van der Waals surface area contributed by atoms with Crippen molar-refractivity contribution < 1.29 is 24.2 Å². The maximum Gasteiger partial charge on any atom is 0.354 e.